The van der Waals surface area contributed by atoms with E-state index in [0.29, 0.717) is 6.42 Å². The van der Waals surface area contributed by atoms with E-state index in [1.54, 1.807) is 0 Å². The lowest BCUT2D eigenvalue weighted by atomic mass is 10.1. The third-order valence-electron chi connectivity index (χ3n) is 2.08. The van der Waals surface area contributed by atoms with E-state index in [4.69, 9.17) is 4.74 Å². The monoisotopic (exact) mass is 243 g/mol. The predicted octanol–water partition coefficient (Wildman–Crippen LogP) is 2.06. The molecule has 1 N–H and O–H groups in total. The number of hydrogen-bond donors (Lipinski definition) is 1. The molecule has 0 fully saturated rings. The third kappa shape index (κ3) is 8.86. The van der Waals surface area contributed by atoms with Gasteiger partial charge in [0.1, 0.15) is 11.4 Å². The van der Waals surface area contributed by atoms with Gasteiger partial charge in [-0.25, -0.2) is 0 Å². The van der Waals surface area contributed by atoms with E-state index in [2.05, 4.69) is 5.32 Å². The number of esters is 1. The minimum absolute atomic E-state index is 0.0576. The van der Waals surface area contributed by atoms with Gasteiger partial charge in [-0.1, -0.05) is 13.8 Å². The zero-order valence-corrected chi connectivity index (χ0v) is 11.8. The molecule has 1 unspecified atom stereocenters. The number of rotatable bonds is 6. The van der Waals surface area contributed by atoms with E-state index in [1.807, 2.05) is 34.6 Å². The first-order valence-corrected chi connectivity index (χ1v) is 6.10. The molecule has 0 aromatic rings. The van der Waals surface area contributed by atoms with Crippen LogP contribution in [0.4, 0.5) is 0 Å². The second kappa shape index (κ2) is 6.74. The Morgan fingerprint density at radius 3 is 2.12 bits per heavy atom. The Balaban J connectivity index is 4.13. The molecule has 17 heavy (non-hydrogen) atoms. The molecule has 4 heteroatoms. The highest BCUT2D eigenvalue weighted by Crippen LogP contribution is 2.10. The third-order valence-corrected chi connectivity index (χ3v) is 2.08. The van der Waals surface area contributed by atoms with Crippen molar-refractivity contribution in [2.24, 2.45) is 0 Å². The van der Waals surface area contributed by atoms with Gasteiger partial charge in [-0.15, -0.1) is 0 Å². The molecule has 0 heterocycles. The Hall–Kier alpha value is -0.900. The van der Waals surface area contributed by atoms with Crippen molar-refractivity contribution in [3.63, 3.8) is 0 Å². The highest BCUT2D eigenvalue weighted by molar-refractivity contribution is 5.82. The molecule has 0 saturated heterocycles. The number of carbonyl (C=O) groups is 2. The van der Waals surface area contributed by atoms with Gasteiger partial charge in [0.15, 0.2) is 0 Å². The van der Waals surface area contributed by atoms with Gasteiger partial charge in [0.05, 0.1) is 6.04 Å². The SMILES string of the molecule is CC(=O)C(CCC(=O)OC(C)(C)C)NC(C)C. The fourth-order valence-electron chi connectivity index (χ4n) is 1.46. The van der Waals surface area contributed by atoms with Crippen LogP contribution in [0.5, 0.6) is 0 Å². The van der Waals surface area contributed by atoms with Crippen LogP contribution >= 0.6 is 0 Å². The van der Waals surface area contributed by atoms with Gasteiger partial charge < -0.3 is 10.1 Å². The van der Waals surface area contributed by atoms with Crippen LogP contribution in [-0.2, 0) is 14.3 Å². The summed E-state index contributed by atoms with van der Waals surface area (Å²) in [7, 11) is 0. The van der Waals surface area contributed by atoms with Crippen LogP contribution in [0.1, 0.15) is 54.4 Å². The molecule has 0 rings (SSSR count). The van der Waals surface area contributed by atoms with E-state index in [-0.39, 0.29) is 30.3 Å². The van der Waals surface area contributed by atoms with Gasteiger partial charge in [0.25, 0.3) is 0 Å². The summed E-state index contributed by atoms with van der Waals surface area (Å²) in [6.07, 6.45) is 0.754. The van der Waals surface area contributed by atoms with Crippen molar-refractivity contribution in [3.05, 3.63) is 0 Å². The summed E-state index contributed by atoms with van der Waals surface area (Å²) < 4.78 is 5.19. The molecule has 0 amide bonds. The highest BCUT2D eigenvalue weighted by Gasteiger charge is 2.20. The maximum atomic E-state index is 11.5. The molecule has 0 radical (unpaired) electrons. The van der Waals surface area contributed by atoms with Gasteiger partial charge in [-0.05, 0) is 34.1 Å². The largest absolute Gasteiger partial charge is 0.460 e. The molecule has 0 spiro atoms. The van der Waals surface area contributed by atoms with Crippen molar-refractivity contribution in [2.45, 2.75) is 72.1 Å². The summed E-state index contributed by atoms with van der Waals surface area (Å²) >= 11 is 0. The quantitative estimate of drug-likeness (QED) is 0.726. The maximum Gasteiger partial charge on any atom is 0.306 e. The fraction of sp³-hybridized carbons (Fsp3) is 0.846. The normalized spacial score (nSPS) is 13.6. The minimum atomic E-state index is -0.464. The average Bonchev–Trinajstić information content (AvgIpc) is 2.08. The van der Waals surface area contributed by atoms with Crippen molar-refractivity contribution >= 4 is 11.8 Å². The fourth-order valence-corrected chi connectivity index (χ4v) is 1.46. The summed E-state index contributed by atoms with van der Waals surface area (Å²) in [5, 5.41) is 3.14. The molecule has 4 nitrogen and oxygen atoms in total. The predicted molar refractivity (Wildman–Crippen MR) is 67.8 cm³/mol. The molecular weight excluding hydrogens is 218 g/mol. The van der Waals surface area contributed by atoms with Gasteiger partial charge in [0.2, 0.25) is 0 Å². The number of nitrogens with one attached hydrogen (secondary N) is 1. The lowest BCUT2D eigenvalue weighted by Gasteiger charge is -2.21. The number of ether oxygens (including phenoxy) is 1. The Bertz CT molecular complexity index is 266. The zero-order chi connectivity index (χ0) is 13.6. The molecule has 0 aliphatic rings. The van der Waals surface area contributed by atoms with Crippen LogP contribution in [0.2, 0.25) is 0 Å². The standard InChI is InChI=1S/C13H25NO3/c1-9(2)14-11(10(3)15)7-8-12(16)17-13(4,5)6/h9,11,14H,7-8H2,1-6H3. The average molecular weight is 243 g/mol. The van der Waals surface area contributed by atoms with E-state index < -0.39 is 5.60 Å². The van der Waals surface area contributed by atoms with Crippen LogP contribution in [0.15, 0.2) is 0 Å². The molecular formula is C13H25NO3. The second-order valence-electron chi connectivity index (χ2n) is 5.61. The summed E-state index contributed by atoms with van der Waals surface area (Å²) in [5.41, 5.74) is -0.464. The van der Waals surface area contributed by atoms with Crippen LogP contribution in [0.3, 0.4) is 0 Å². The van der Waals surface area contributed by atoms with Crippen molar-refractivity contribution < 1.29 is 14.3 Å². The van der Waals surface area contributed by atoms with Crippen LogP contribution in [0.25, 0.3) is 0 Å². The summed E-state index contributed by atoms with van der Waals surface area (Å²) in [4.78, 5) is 22.9. The van der Waals surface area contributed by atoms with E-state index in [0.717, 1.165) is 0 Å². The number of Topliss-reactive ketones (excluding diaryl/α,β-unsaturated/α-hetero) is 1. The Kier molecular flexibility index (Phi) is 6.39. The topological polar surface area (TPSA) is 55.4 Å². The first-order valence-electron chi connectivity index (χ1n) is 6.10. The first kappa shape index (κ1) is 16.1. The van der Waals surface area contributed by atoms with Crippen molar-refractivity contribution in [2.75, 3.05) is 0 Å². The van der Waals surface area contributed by atoms with Gasteiger partial charge in [0, 0.05) is 12.5 Å². The molecule has 0 saturated carbocycles. The molecule has 100 valence electrons. The highest BCUT2D eigenvalue weighted by atomic mass is 16.6. The Morgan fingerprint density at radius 1 is 1.24 bits per heavy atom. The molecule has 0 aromatic carbocycles. The number of ketones is 1. The molecule has 0 bridgehead atoms. The minimum Gasteiger partial charge on any atom is -0.460 e. The second-order valence-corrected chi connectivity index (χ2v) is 5.61. The first-order chi connectivity index (χ1) is 7.61. The van der Waals surface area contributed by atoms with E-state index in [1.165, 1.54) is 6.92 Å². The lowest BCUT2D eigenvalue weighted by molar-refractivity contribution is -0.155. The summed E-state index contributed by atoms with van der Waals surface area (Å²) in [6, 6.07) is -0.0370. The van der Waals surface area contributed by atoms with Crippen LogP contribution in [0, 0.1) is 0 Å². The molecule has 0 aliphatic heterocycles. The van der Waals surface area contributed by atoms with E-state index in [9.17, 15) is 9.59 Å². The lowest BCUT2D eigenvalue weighted by Crippen LogP contribution is -2.40. The van der Waals surface area contributed by atoms with E-state index >= 15 is 0 Å². The summed E-state index contributed by atoms with van der Waals surface area (Å²) in [6.45, 7) is 11.0. The van der Waals surface area contributed by atoms with Gasteiger partial charge in [-0.3, -0.25) is 9.59 Å². The number of carbonyl (C=O) groups excluding carboxylic acids is 2. The summed E-state index contributed by atoms with van der Waals surface area (Å²) in [5.74, 6) is -0.198. The number of hydrogen-bond acceptors (Lipinski definition) is 4. The Morgan fingerprint density at radius 2 is 1.76 bits per heavy atom. The van der Waals surface area contributed by atoms with Gasteiger partial charge >= 0.3 is 5.97 Å². The van der Waals surface area contributed by atoms with Gasteiger partial charge in [-0.2, -0.15) is 0 Å². The smallest absolute Gasteiger partial charge is 0.306 e. The van der Waals surface area contributed by atoms with Crippen molar-refractivity contribution in [3.8, 4) is 0 Å². The van der Waals surface area contributed by atoms with Crippen molar-refractivity contribution in [1.29, 1.82) is 0 Å². The maximum absolute atomic E-state index is 11.5. The van der Waals surface area contributed by atoms with Crippen molar-refractivity contribution in [1.82, 2.24) is 5.32 Å². The zero-order valence-electron chi connectivity index (χ0n) is 11.8. The Labute approximate surface area is 104 Å². The van der Waals surface area contributed by atoms with Crippen LogP contribution < -0.4 is 5.32 Å². The molecule has 1 atom stereocenters. The molecule has 0 aromatic heterocycles. The molecule has 0 aliphatic carbocycles. The van der Waals surface area contributed by atoms with Crippen LogP contribution in [-0.4, -0.2) is 29.4 Å².